The van der Waals surface area contributed by atoms with Crippen LogP contribution in [0.15, 0.2) is 0 Å². The van der Waals surface area contributed by atoms with Gasteiger partial charge in [-0.2, -0.15) is 0 Å². The van der Waals surface area contributed by atoms with E-state index in [0.29, 0.717) is 6.54 Å². The molecule has 0 aromatic rings. The summed E-state index contributed by atoms with van der Waals surface area (Å²) >= 11 is 0. The molecule has 0 bridgehead atoms. The number of piperidine rings is 1. The molecule has 0 aromatic carbocycles. The van der Waals surface area contributed by atoms with Crippen molar-refractivity contribution < 1.29 is 9.90 Å². The van der Waals surface area contributed by atoms with Crippen LogP contribution in [0, 0.1) is 0 Å². The zero-order valence-corrected chi connectivity index (χ0v) is 11.0. The summed E-state index contributed by atoms with van der Waals surface area (Å²) in [6.07, 6.45) is 8.63. The van der Waals surface area contributed by atoms with Gasteiger partial charge in [0.2, 0.25) is 0 Å². The standard InChI is InChI=1S/C14H25NO2/c1-12(16)13-7-3-6-10-15(13)11-14(17)8-4-2-5-9-14/h13,17H,2-11H2,1H3. The molecule has 1 aliphatic carbocycles. The van der Waals surface area contributed by atoms with Crippen molar-refractivity contribution >= 4 is 5.78 Å². The molecule has 0 spiro atoms. The average Bonchev–Trinajstić information content (AvgIpc) is 2.29. The van der Waals surface area contributed by atoms with Gasteiger partial charge in [-0.3, -0.25) is 9.69 Å². The molecular weight excluding hydrogens is 214 g/mol. The van der Waals surface area contributed by atoms with Gasteiger partial charge >= 0.3 is 0 Å². The van der Waals surface area contributed by atoms with Crippen LogP contribution in [-0.2, 0) is 4.79 Å². The molecule has 0 aromatic heterocycles. The second-order valence-corrected chi connectivity index (χ2v) is 5.88. The Kier molecular flexibility index (Phi) is 4.21. The van der Waals surface area contributed by atoms with E-state index in [9.17, 15) is 9.90 Å². The third-order valence-corrected chi connectivity index (χ3v) is 4.36. The topological polar surface area (TPSA) is 40.5 Å². The van der Waals surface area contributed by atoms with Crippen molar-refractivity contribution in [1.82, 2.24) is 4.90 Å². The van der Waals surface area contributed by atoms with Crippen molar-refractivity contribution in [3.63, 3.8) is 0 Å². The Bertz CT molecular complexity index is 271. The quantitative estimate of drug-likeness (QED) is 0.820. The fourth-order valence-corrected chi connectivity index (χ4v) is 3.39. The highest BCUT2D eigenvalue weighted by Gasteiger charge is 2.35. The number of Topliss-reactive ketones (excluding diaryl/α,β-unsaturated/α-hetero) is 1. The van der Waals surface area contributed by atoms with Crippen LogP contribution in [0.4, 0.5) is 0 Å². The van der Waals surface area contributed by atoms with Gasteiger partial charge in [-0.25, -0.2) is 0 Å². The van der Waals surface area contributed by atoms with E-state index >= 15 is 0 Å². The van der Waals surface area contributed by atoms with Crippen molar-refractivity contribution in [3.05, 3.63) is 0 Å². The first kappa shape index (κ1) is 13.0. The minimum absolute atomic E-state index is 0.0645. The fraction of sp³-hybridized carbons (Fsp3) is 0.929. The van der Waals surface area contributed by atoms with E-state index in [1.165, 1.54) is 12.8 Å². The number of nitrogens with zero attached hydrogens (tertiary/aromatic N) is 1. The lowest BCUT2D eigenvalue weighted by Gasteiger charge is -2.41. The Balaban J connectivity index is 1.97. The van der Waals surface area contributed by atoms with E-state index in [-0.39, 0.29) is 11.8 Å². The van der Waals surface area contributed by atoms with Gasteiger partial charge in [0.1, 0.15) is 5.78 Å². The maximum atomic E-state index is 11.6. The van der Waals surface area contributed by atoms with Crippen molar-refractivity contribution in [1.29, 1.82) is 0 Å². The number of hydrogen-bond donors (Lipinski definition) is 1. The normalized spacial score (nSPS) is 30.1. The van der Waals surface area contributed by atoms with Gasteiger partial charge in [-0.05, 0) is 39.2 Å². The number of likely N-dealkylation sites (tertiary alicyclic amines) is 1. The second-order valence-electron chi connectivity index (χ2n) is 5.88. The number of ketones is 1. The van der Waals surface area contributed by atoms with E-state index in [1.54, 1.807) is 6.92 Å². The van der Waals surface area contributed by atoms with Crippen LogP contribution in [0.25, 0.3) is 0 Å². The van der Waals surface area contributed by atoms with Gasteiger partial charge in [-0.1, -0.05) is 25.7 Å². The number of hydrogen-bond acceptors (Lipinski definition) is 3. The van der Waals surface area contributed by atoms with Gasteiger partial charge in [0.25, 0.3) is 0 Å². The minimum Gasteiger partial charge on any atom is -0.389 e. The Labute approximate surface area is 104 Å². The summed E-state index contributed by atoms with van der Waals surface area (Å²) < 4.78 is 0. The van der Waals surface area contributed by atoms with Crippen LogP contribution in [0.1, 0.15) is 58.3 Å². The molecule has 2 rings (SSSR count). The molecule has 1 aliphatic heterocycles. The van der Waals surface area contributed by atoms with Crippen LogP contribution in [0.2, 0.25) is 0 Å². The highest BCUT2D eigenvalue weighted by Crippen LogP contribution is 2.30. The van der Waals surface area contributed by atoms with Crippen LogP contribution < -0.4 is 0 Å². The molecular formula is C14H25NO2. The SMILES string of the molecule is CC(=O)C1CCCCN1CC1(O)CCCCC1. The first-order valence-corrected chi connectivity index (χ1v) is 7.08. The third kappa shape index (κ3) is 3.29. The lowest BCUT2D eigenvalue weighted by Crippen LogP contribution is -2.52. The molecule has 3 heteroatoms. The molecule has 1 unspecified atom stereocenters. The zero-order valence-electron chi connectivity index (χ0n) is 11.0. The maximum Gasteiger partial charge on any atom is 0.146 e. The monoisotopic (exact) mass is 239 g/mol. The van der Waals surface area contributed by atoms with E-state index < -0.39 is 5.60 Å². The highest BCUT2D eigenvalue weighted by molar-refractivity contribution is 5.81. The molecule has 17 heavy (non-hydrogen) atoms. The van der Waals surface area contributed by atoms with Crippen LogP contribution >= 0.6 is 0 Å². The van der Waals surface area contributed by atoms with Crippen molar-refractivity contribution in [2.75, 3.05) is 13.1 Å². The molecule has 1 saturated heterocycles. The first-order valence-electron chi connectivity index (χ1n) is 7.08. The second kappa shape index (κ2) is 5.49. The lowest BCUT2D eigenvalue weighted by molar-refractivity contribution is -0.125. The van der Waals surface area contributed by atoms with Crippen molar-refractivity contribution in [2.45, 2.75) is 69.9 Å². The third-order valence-electron chi connectivity index (χ3n) is 4.36. The summed E-state index contributed by atoms with van der Waals surface area (Å²) in [7, 11) is 0. The molecule has 3 nitrogen and oxygen atoms in total. The van der Waals surface area contributed by atoms with Crippen LogP contribution in [-0.4, -0.2) is 40.5 Å². The summed E-state index contributed by atoms with van der Waals surface area (Å²) in [6, 6.07) is 0.0645. The predicted molar refractivity (Wildman–Crippen MR) is 67.9 cm³/mol. The predicted octanol–water partition coefficient (Wildman–Crippen LogP) is 2.13. The van der Waals surface area contributed by atoms with Crippen molar-refractivity contribution in [3.8, 4) is 0 Å². The van der Waals surface area contributed by atoms with E-state index in [1.807, 2.05) is 0 Å². The van der Waals surface area contributed by atoms with Gasteiger partial charge in [0, 0.05) is 6.54 Å². The summed E-state index contributed by atoms with van der Waals surface area (Å²) in [4.78, 5) is 13.9. The number of aliphatic hydroxyl groups is 1. The minimum atomic E-state index is -0.525. The largest absolute Gasteiger partial charge is 0.389 e. The van der Waals surface area contributed by atoms with Gasteiger partial charge in [0.15, 0.2) is 0 Å². The van der Waals surface area contributed by atoms with E-state index in [0.717, 1.165) is 45.1 Å². The van der Waals surface area contributed by atoms with Crippen molar-refractivity contribution in [2.24, 2.45) is 0 Å². The Hall–Kier alpha value is -0.410. The molecule has 98 valence electrons. The molecule has 0 amide bonds. The molecule has 2 aliphatic rings. The number of β-amino-alcohol motifs (C(OH)–C–C–N with tert-alkyl or cyclic N) is 1. The van der Waals surface area contributed by atoms with Crippen LogP contribution in [0.5, 0.6) is 0 Å². The molecule has 1 heterocycles. The Morgan fingerprint density at radius 2 is 1.94 bits per heavy atom. The summed E-state index contributed by atoms with van der Waals surface area (Å²) in [5.74, 6) is 0.268. The zero-order chi connectivity index (χ0) is 12.3. The molecule has 1 saturated carbocycles. The van der Waals surface area contributed by atoms with Gasteiger partial charge < -0.3 is 5.11 Å². The fourth-order valence-electron chi connectivity index (χ4n) is 3.39. The summed E-state index contributed by atoms with van der Waals surface area (Å²) in [5.41, 5.74) is -0.525. The average molecular weight is 239 g/mol. The Morgan fingerprint density at radius 1 is 1.24 bits per heavy atom. The first-order chi connectivity index (χ1) is 8.11. The summed E-state index contributed by atoms with van der Waals surface area (Å²) in [5, 5.41) is 10.6. The summed E-state index contributed by atoms with van der Waals surface area (Å²) in [6.45, 7) is 3.37. The lowest BCUT2D eigenvalue weighted by atomic mass is 9.83. The molecule has 2 fully saturated rings. The molecule has 0 radical (unpaired) electrons. The van der Waals surface area contributed by atoms with E-state index in [2.05, 4.69) is 4.90 Å². The maximum absolute atomic E-state index is 11.6. The number of carbonyl (C=O) groups excluding carboxylic acids is 1. The van der Waals surface area contributed by atoms with Crippen LogP contribution in [0.3, 0.4) is 0 Å². The van der Waals surface area contributed by atoms with Gasteiger partial charge in [-0.15, -0.1) is 0 Å². The molecule has 1 atom stereocenters. The Morgan fingerprint density at radius 3 is 2.59 bits per heavy atom. The van der Waals surface area contributed by atoms with E-state index in [4.69, 9.17) is 0 Å². The molecule has 1 N–H and O–H groups in total. The smallest absolute Gasteiger partial charge is 0.146 e. The van der Waals surface area contributed by atoms with Gasteiger partial charge in [0.05, 0.1) is 11.6 Å². The number of rotatable bonds is 3. The highest BCUT2D eigenvalue weighted by atomic mass is 16.3. The number of carbonyl (C=O) groups is 1.